The molecule has 1 fully saturated rings. The fourth-order valence-electron chi connectivity index (χ4n) is 2.71. The molecule has 0 amide bonds. The average molecular weight is 322 g/mol. The van der Waals surface area contributed by atoms with Gasteiger partial charge in [-0.25, -0.2) is 13.1 Å². The molecule has 120 valence electrons. The summed E-state index contributed by atoms with van der Waals surface area (Å²) >= 11 is 0. The Morgan fingerprint density at radius 3 is 2.59 bits per heavy atom. The van der Waals surface area contributed by atoms with E-state index in [1.807, 2.05) is 0 Å². The minimum absolute atomic E-state index is 0.0444. The first-order valence-electron chi connectivity index (χ1n) is 7.67. The van der Waals surface area contributed by atoms with E-state index in [0.29, 0.717) is 17.9 Å². The van der Waals surface area contributed by atoms with Crippen LogP contribution < -0.4 is 9.46 Å². The molecule has 6 heteroatoms. The normalized spacial score (nSPS) is 22.0. The summed E-state index contributed by atoms with van der Waals surface area (Å²) in [6, 6.07) is 8.99. The highest BCUT2D eigenvalue weighted by atomic mass is 32.2. The maximum atomic E-state index is 11.8. The summed E-state index contributed by atoms with van der Waals surface area (Å²) in [4.78, 5) is 0. The van der Waals surface area contributed by atoms with Gasteiger partial charge in [0.25, 0.3) is 0 Å². The number of nitrogens with zero attached hydrogens (tertiary/aromatic N) is 1. The van der Waals surface area contributed by atoms with Crippen LogP contribution in [0.25, 0.3) is 0 Å². The summed E-state index contributed by atoms with van der Waals surface area (Å²) < 4.78 is 32.1. The van der Waals surface area contributed by atoms with E-state index < -0.39 is 10.0 Å². The third kappa shape index (κ3) is 4.72. The van der Waals surface area contributed by atoms with Gasteiger partial charge < -0.3 is 4.74 Å². The molecule has 0 radical (unpaired) electrons. The van der Waals surface area contributed by atoms with E-state index in [-0.39, 0.29) is 17.7 Å². The lowest BCUT2D eigenvalue weighted by Gasteiger charge is -2.31. The quantitative estimate of drug-likeness (QED) is 0.872. The lowest BCUT2D eigenvalue weighted by Crippen LogP contribution is -2.44. The zero-order valence-corrected chi connectivity index (χ0v) is 13.6. The van der Waals surface area contributed by atoms with E-state index in [1.165, 1.54) is 0 Å². The minimum atomic E-state index is -3.19. The van der Waals surface area contributed by atoms with E-state index in [1.54, 1.807) is 31.2 Å². The molecule has 1 aromatic rings. The number of sulfonamides is 1. The van der Waals surface area contributed by atoms with Crippen molar-refractivity contribution in [1.82, 2.24) is 4.72 Å². The van der Waals surface area contributed by atoms with Gasteiger partial charge in [0.15, 0.2) is 0 Å². The number of rotatable bonds is 6. The smallest absolute Gasteiger partial charge is 0.211 e. The molecule has 1 aliphatic carbocycles. The van der Waals surface area contributed by atoms with Gasteiger partial charge in [0, 0.05) is 12.0 Å². The van der Waals surface area contributed by atoms with Crippen LogP contribution in [-0.2, 0) is 10.0 Å². The lowest BCUT2D eigenvalue weighted by atomic mass is 9.86. The molecule has 22 heavy (non-hydrogen) atoms. The molecule has 2 rings (SSSR count). The molecule has 0 bridgehead atoms. The van der Waals surface area contributed by atoms with Gasteiger partial charge in [-0.15, -0.1) is 0 Å². The zero-order valence-electron chi connectivity index (χ0n) is 12.8. The number of nitrogens with one attached hydrogen (secondary N) is 1. The molecule has 1 N–H and O–H groups in total. The number of benzene rings is 1. The van der Waals surface area contributed by atoms with Crippen molar-refractivity contribution in [1.29, 1.82) is 5.26 Å². The maximum Gasteiger partial charge on any atom is 0.211 e. The van der Waals surface area contributed by atoms with Gasteiger partial charge in [-0.05, 0) is 44.0 Å². The predicted molar refractivity (Wildman–Crippen MR) is 85.0 cm³/mol. The zero-order chi connectivity index (χ0) is 16.0. The van der Waals surface area contributed by atoms with E-state index >= 15 is 0 Å². The molecular weight excluding hydrogens is 300 g/mol. The Labute approximate surface area is 132 Å². The Balaban J connectivity index is 1.95. The molecule has 0 heterocycles. The summed E-state index contributed by atoms with van der Waals surface area (Å²) in [5, 5.41) is 8.77. The molecule has 0 aromatic heterocycles. The Kier molecular flexibility index (Phi) is 5.81. The number of hydrogen-bond donors (Lipinski definition) is 1. The Hall–Kier alpha value is -1.58. The third-order valence-electron chi connectivity index (χ3n) is 4.07. The minimum Gasteiger partial charge on any atom is -0.493 e. The molecule has 0 spiro atoms. The summed E-state index contributed by atoms with van der Waals surface area (Å²) in [6.07, 6.45) is 3.98. The van der Waals surface area contributed by atoms with Gasteiger partial charge in [0.1, 0.15) is 5.75 Å². The standard InChI is InChI=1S/C16H22N2O3S/c1-2-22(19,20)18-16-6-4-3-5-14(16)12-21-15-9-7-13(11-17)8-10-15/h7-10,14,16,18H,2-6,12H2,1H3/t14-,16+/m1/s1. The Bertz CT molecular complexity index is 620. The molecular formula is C16H22N2O3S. The van der Waals surface area contributed by atoms with Crippen molar-refractivity contribution in [2.45, 2.75) is 38.6 Å². The molecule has 5 nitrogen and oxygen atoms in total. The lowest BCUT2D eigenvalue weighted by molar-refractivity contribution is 0.180. The van der Waals surface area contributed by atoms with Gasteiger partial charge in [-0.1, -0.05) is 12.8 Å². The van der Waals surface area contributed by atoms with Crippen LogP contribution in [0, 0.1) is 17.2 Å². The van der Waals surface area contributed by atoms with Crippen LogP contribution in [0.1, 0.15) is 38.2 Å². The first kappa shape index (κ1) is 16.8. The van der Waals surface area contributed by atoms with Gasteiger partial charge in [0.2, 0.25) is 10.0 Å². The van der Waals surface area contributed by atoms with Gasteiger partial charge in [-0.3, -0.25) is 0 Å². The van der Waals surface area contributed by atoms with Gasteiger partial charge >= 0.3 is 0 Å². The molecule has 1 saturated carbocycles. The summed E-state index contributed by atoms with van der Waals surface area (Å²) in [5.74, 6) is 1.000. The van der Waals surface area contributed by atoms with Crippen molar-refractivity contribution in [2.75, 3.05) is 12.4 Å². The van der Waals surface area contributed by atoms with Crippen LogP contribution in [0.4, 0.5) is 0 Å². The second kappa shape index (κ2) is 7.61. The van der Waals surface area contributed by atoms with Gasteiger partial charge in [-0.2, -0.15) is 5.26 Å². The van der Waals surface area contributed by atoms with Crippen LogP contribution in [0.15, 0.2) is 24.3 Å². The van der Waals surface area contributed by atoms with Crippen LogP contribution >= 0.6 is 0 Å². The second-order valence-electron chi connectivity index (χ2n) is 5.62. The molecule has 1 aliphatic rings. The molecule has 1 aromatic carbocycles. The number of hydrogen-bond acceptors (Lipinski definition) is 4. The predicted octanol–water partition coefficient (Wildman–Crippen LogP) is 2.44. The molecule has 0 aliphatic heterocycles. The van der Waals surface area contributed by atoms with E-state index in [9.17, 15) is 8.42 Å². The first-order valence-corrected chi connectivity index (χ1v) is 9.32. The van der Waals surface area contributed by atoms with Crippen LogP contribution in [-0.4, -0.2) is 26.8 Å². The fraction of sp³-hybridized carbons (Fsp3) is 0.562. The largest absolute Gasteiger partial charge is 0.493 e. The summed E-state index contributed by atoms with van der Waals surface area (Å²) in [6.45, 7) is 2.14. The van der Waals surface area contributed by atoms with E-state index in [4.69, 9.17) is 10.00 Å². The average Bonchev–Trinajstić information content (AvgIpc) is 2.54. The van der Waals surface area contributed by atoms with E-state index in [0.717, 1.165) is 25.7 Å². The number of nitriles is 1. The molecule has 2 atom stereocenters. The second-order valence-corrected chi connectivity index (χ2v) is 7.66. The highest BCUT2D eigenvalue weighted by molar-refractivity contribution is 7.89. The van der Waals surface area contributed by atoms with Crippen molar-refractivity contribution in [3.8, 4) is 11.8 Å². The van der Waals surface area contributed by atoms with Crippen molar-refractivity contribution in [2.24, 2.45) is 5.92 Å². The maximum absolute atomic E-state index is 11.8. The summed E-state index contributed by atoms with van der Waals surface area (Å²) in [7, 11) is -3.19. The first-order chi connectivity index (χ1) is 10.5. The number of ether oxygens (including phenoxy) is 1. The molecule has 0 saturated heterocycles. The fourth-order valence-corrected chi connectivity index (χ4v) is 3.64. The Morgan fingerprint density at radius 1 is 1.27 bits per heavy atom. The SMILES string of the molecule is CCS(=O)(=O)N[C@H]1CCCC[C@@H]1COc1ccc(C#N)cc1. The third-order valence-corrected chi connectivity index (χ3v) is 5.49. The van der Waals surface area contributed by atoms with Crippen LogP contribution in [0.2, 0.25) is 0 Å². The Morgan fingerprint density at radius 2 is 1.95 bits per heavy atom. The topological polar surface area (TPSA) is 79.2 Å². The summed E-state index contributed by atoms with van der Waals surface area (Å²) in [5.41, 5.74) is 0.596. The van der Waals surface area contributed by atoms with E-state index in [2.05, 4.69) is 10.8 Å². The van der Waals surface area contributed by atoms with Crippen molar-refractivity contribution in [3.05, 3.63) is 29.8 Å². The van der Waals surface area contributed by atoms with Crippen molar-refractivity contribution < 1.29 is 13.2 Å². The highest BCUT2D eigenvalue weighted by Crippen LogP contribution is 2.26. The van der Waals surface area contributed by atoms with Crippen LogP contribution in [0.3, 0.4) is 0 Å². The monoisotopic (exact) mass is 322 g/mol. The van der Waals surface area contributed by atoms with Gasteiger partial charge in [0.05, 0.1) is 24.0 Å². The van der Waals surface area contributed by atoms with Crippen molar-refractivity contribution >= 4 is 10.0 Å². The molecule has 0 unspecified atom stereocenters. The van der Waals surface area contributed by atoms with Crippen molar-refractivity contribution in [3.63, 3.8) is 0 Å². The van der Waals surface area contributed by atoms with Crippen LogP contribution in [0.5, 0.6) is 5.75 Å². The highest BCUT2D eigenvalue weighted by Gasteiger charge is 2.28.